The molecule has 0 spiro atoms. The number of hydrogen-bond donors (Lipinski definition) is 2. The molecule has 104 heavy (non-hydrogen) atoms. The van der Waals surface area contributed by atoms with Crippen LogP contribution in [0.4, 0.5) is 33.3 Å². The van der Waals surface area contributed by atoms with E-state index in [1.165, 1.54) is 103 Å². The van der Waals surface area contributed by atoms with Crippen LogP contribution in [0, 0.1) is 40.4 Å². The van der Waals surface area contributed by atoms with Crippen molar-refractivity contribution in [1.82, 2.24) is 19.9 Å². The second-order valence-electron chi connectivity index (χ2n) is 19.9. The number of anilines is 1. The van der Waals surface area contributed by atoms with Crippen molar-refractivity contribution in [2.75, 3.05) is 18.9 Å². The molecule has 28 heteroatoms. The van der Waals surface area contributed by atoms with Crippen LogP contribution in [0.2, 0.25) is 0 Å². The number of esters is 2. The summed E-state index contributed by atoms with van der Waals surface area (Å²) >= 11 is 11.1. The Morgan fingerprint density at radius 2 is 0.856 bits per heavy atom. The first-order valence-corrected chi connectivity index (χ1v) is 33.4. The summed E-state index contributed by atoms with van der Waals surface area (Å²) in [6.07, 6.45) is 0.354. The van der Waals surface area contributed by atoms with Crippen molar-refractivity contribution >= 4 is 121 Å². The summed E-state index contributed by atoms with van der Waals surface area (Å²) in [5, 5.41) is 17.9. The number of benzene rings is 10. The number of carbonyl (C=O) groups excluding carboxylic acids is 4. The van der Waals surface area contributed by atoms with Gasteiger partial charge in [-0.1, -0.05) is 115 Å². The van der Waals surface area contributed by atoms with Gasteiger partial charge in [0.2, 0.25) is 9.23 Å². The van der Waals surface area contributed by atoms with Gasteiger partial charge in [-0.3, -0.25) is 9.59 Å². The number of aromatic nitrogens is 4. The van der Waals surface area contributed by atoms with Gasteiger partial charge in [0.1, 0.15) is 34.3 Å². The van der Waals surface area contributed by atoms with Gasteiger partial charge in [-0.05, 0) is 189 Å². The minimum absolute atomic E-state index is 0. The van der Waals surface area contributed by atoms with Crippen LogP contribution >= 0.6 is 44.6 Å². The predicted octanol–water partition coefficient (Wildman–Crippen LogP) is 15.6. The van der Waals surface area contributed by atoms with E-state index in [1.54, 1.807) is 74.5 Å². The number of aromatic carboxylic acids is 1. The van der Waals surface area contributed by atoms with Crippen LogP contribution in [0.5, 0.6) is 0 Å². The molecule has 0 radical (unpaired) electrons. The number of rotatable bonds is 12. The Bertz CT molecular complexity index is 4780. The summed E-state index contributed by atoms with van der Waals surface area (Å²) in [6.45, 7) is 3.92. The molecule has 528 valence electrons. The number of carboxylic acid groups (broad SMARTS) is 1. The van der Waals surface area contributed by atoms with Crippen LogP contribution in [0.1, 0.15) is 66.7 Å². The van der Waals surface area contributed by atoms with Crippen molar-refractivity contribution in [2.45, 2.75) is 20.3 Å². The van der Waals surface area contributed by atoms with E-state index in [-0.39, 0.29) is 89.6 Å². The Morgan fingerprint density at radius 3 is 1.23 bits per heavy atom. The fraction of sp³-hybridized carbons (Fsp3) is 0.0658. The van der Waals surface area contributed by atoms with Gasteiger partial charge < -0.3 is 25.8 Å². The SMILES string of the molecule is CCOC(=O)C#N.CCOC(=O)c1nc(-c2ccc(F)cc2)nc2ccccc12.Fc1ccc(C(Cl)=Nc2ccccc2)cc1.Nc1ccccc1.O=C(Cc1ccccc1)c1ccc(F)cc1.O=C(Cl)c1ccc(F)cc1.O=C(O)c1nc(-c2ccc(F)cc2)nc2ccccc12.O=S(Cl)Cl.[Li+].[OH-]. The first kappa shape index (κ1) is 87.3. The van der Waals surface area contributed by atoms with E-state index >= 15 is 0 Å². The molecular weight excluding hydrogens is 1450 g/mol. The largest absolute Gasteiger partial charge is 1.00 e. The summed E-state index contributed by atoms with van der Waals surface area (Å²) in [5.74, 6) is -3.48. The summed E-state index contributed by atoms with van der Waals surface area (Å²) in [6, 6.07) is 71.8. The molecule has 4 N–H and O–H groups in total. The van der Waals surface area contributed by atoms with Gasteiger partial charge in [-0.2, -0.15) is 5.26 Å². The molecule has 17 nitrogen and oxygen atoms in total. The molecule has 0 saturated carbocycles. The number of nitriles is 1. The van der Waals surface area contributed by atoms with Crippen molar-refractivity contribution in [1.29, 1.82) is 5.26 Å². The number of nitrogens with zero attached hydrogens (tertiary/aromatic N) is 6. The maximum Gasteiger partial charge on any atom is 1.00 e. The van der Waals surface area contributed by atoms with Gasteiger partial charge in [0.15, 0.2) is 34.9 Å². The molecule has 0 saturated heterocycles. The fourth-order valence-electron chi connectivity index (χ4n) is 8.11. The number of carboxylic acids is 1. The van der Waals surface area contributed by atoms with E-state index in [2.05, 4.69) is 51.0 Å². The van der Waals surface area contributed by atoms with E-state index in [4.69, 9.17) is 43.1 Å². The van der Waals surface area contributed by atoms with Crippen molar-refractivity contribution in [3.63, 3.8) is 0 Å². The molecule has 0 bridgehead atoms. The van der Waals surface area contributed by atoms with E-state index < -0.39 is 32.4 Å². The van der Waals surface area contributed by atoms with Crippen LogP contribution in [0.25, 0.3) is 44.6 Å². The monoisotopic (exact) mass is 1500 g/mol. The summed E-state index contributed by atoms with van der Waals surface area (Å²) in [4.78, 5) is 76.8. The fourth-order valence-corrected chi connectivity index (χ4v) is 8.46. The molecule has 2 aromatic heterocycles. The van der Waals surface area contributed by atoms with Gasteiger partial charge in [0, 0.05) is 72.1 Å². The first-order valence-electron chi connectivity index (χ1n) is 29.9. The van der Waals surface area contributed by atoms with Crippen molar-refractivity contribution in [2.24, 2.45) is 4.99 Å². The third-order valence-electron chi connectivity index (χ3n) is 12.8. The Kier molecular flexibility index (Phi) is 39.7. The molecule has 0 atom stereocenters. The van der Waals surface area contributed by atoms with Crippen LogP contribution in [-0.4, -0.2) is 82.0 Å². The molecule has 12 rings (SSSR count). The second-order valence-corrected chi connectivity index (χ2v) is 23.1. The van der Waals surface area contributed by atoms with Gasteiger partial charge in [-0.25, -0.2) is 65.5 Å². The smallest absolute Gasteiger partial charge is 0.870 e. The Labute approximate surface area is 627 Å². The molecule has 2 heterocycles. The summed E-state index contributed by atoms with van der Waals surface area (Å²) in [5.41, 5.74) is 12.0. The molecule has 0 fully saturated rings. The minimum atomic E-state index is -1.67. The van der Waals surface area contributed by atoms with Crippen molar-refractivity contribution < 1.29 is 89.1 Å². The van der Waals surface area contributed by atoms with Crippen molar-refractivity contribution in [3.8, 4) is 28.8 Å². The topological polar surface area (TPSA) is 285 Å². The van der Waals surface area contributed by atoms with Crippen LogP contribution < -0.4 is 24.6 Å². The number of carbonyl (C=O) groups is 5. The number of ketones is 1. The maximum absolute atomic E-state index is 13.0. The normalized spacial score (nSPS) is 9.89. The molecule has 0 unspecified atom stereocenters. The summed E-state index contributed by atoms with van der Waals surface area (Å²) in [7, 11) is 7.36. The number of nitrogens with two attached hydrogens (primary N) is 1. The zero-order valence-corrected chi connectivity index (χ0v) is 59.0. The quantitative estimate of drug-likeness (QED) is 0.0168. The average molecular weight is 1510 g/mol. The predicted molar refractivity (Wildman–Crippen MR) is 390 cm³/mol. The maximum atomic E-state index is 13.0. The van der Waals surface area contributed by atoms with Crippen LogP contribution in [-0.2, 0) is 29.9 Å². The first-order chi connectivity index (χ1) is 49.0. The minimum Gasteiger partial charge on any atom is -0.870 e. The standard InChI is InChI=1S/C17H13FN2O2.C15H9FN2O2.C14H11FO.C13H9ClFN.C7H4ClFO.C6H7N.C4H5NO2.Cl2OS.Li.H2O/c1-2-22-17(21)15-13-5-3-4-6-14(13)19-16(20-15)11-7-9-12(18)10-8-11;16-10-7-5-9(6-8-10)14-17-12-4-2-1-3-11(12)13(18-14)15(19)20;15-13-8-6-12(7-9-13)14(16)10-11-4-2-1-3-5-11;14-13(10-6-8-11(15)9-7-10)16-12-4-2-1-3-5-12;8-7(10)5-1-3-6(9)4-2-5;7-6-4-2-1-3-5-6;1-2-7-4(6)3-5;1-4(2)3;;/h3-10H,2H2,1H3;1-8H,(H,19,20);1-9H,10H2;1-9H;1-4H;1-5H,7H2;2H2,1H3;;;1H2/q;;;;;;;;+1;/p-1. The molecule has 0 amide bonds. The summed E-state index contributed by atoms with van der Waals surface area (Å²) < 4.78 is 81.9. The zero-order chi connectivity index (χ0) is 74.3. The second kappa shape index (κ2) is 47.3. The Morgan fingerprint density at radius 1 is 0.500 bits per heavy atom. The van der Waals surface area contributed by atoms with E-state index in [0.29, 0.717) is 67.0 Å². The number of halogens is 9. The number of fused-ring (bicyclic) bond motifs is 2. The van der Waals surface area contributed by atoms with Gasteiger partial charge in [-0.15, -0.1) is 0 Å². The number of ether oxygens (including phenoxy) is 2. The Balaban J connectivity index is 0.000000321. The molecule has 0 aliphatic rings. The number of hydrogen-bond acceptors (Lipinski definition) is 16. The number of aliphatic imine (C=N–C) groups is 1. The molecule has 12 aromatic rings. The van der Waals surface area contributed by atoms with E-state index in [0.717, 1.165) is 16.9 Å². The molecule has 10 aromatic carbocycles. The van der Waals surface area contributed by atoms with E-state index in [1.807, 2.05) is 103 Å². The average Bonchev–Trinajstić information content (AvgIpc) is 0.796. The zero-order valence-electron chi connectivity index (χ0n) is 55.2. The third kappa shape index (κ3) is 31.6. The van der Waals surface area contributed by atoms with Crippen LogP contribution in [0.3, 0.4) is 0 Å². The van der Waals surface area contributed by atoms with Crippen LogP contribution in [0.15, 0.2) is 266 Å². The number of para-hydroxylation sites is 4. The van der Waals surface area contributed by atoms with E-state index in [9.17, 15) is 51.0 Å². The van der Waals surface area contributed by atoms with Crippen molar-refractivity contribution in [3.05, 3.63) is 324 Å². The molecule has 0 aliphatic heterocycles. The van der Waals surface area contributed by atoms with Gasteiger partial charge in [0.05, 0.1) is 29.9 Å². The van der Waals surface area contributed by atoms with Gasteiger partial charge in [0.25, 0.3) is 5.24 Å². The number of nitrogen functional groups attached to an aromatic ring is 1. The Hall–Kier alpha value is -10.9. The van der Waals surface area contributed by atoms with Gasteiger partial charge >= 0.3 is 36.8 Å². The third-order valence-corrected chi connectivity index (χ3v) is 13.3. The molecule has 0 aliphatic carbocycles. The molecular formula is C76H59Cl4F5LiN7O10S. The number of Topliss-reactive ketones (excluding diaryl/α,β-unsaturated/α-hetero) is 1.